The summed E-state index contributed by atoms with van der Waals surface area (Å²) in [6.07, 6.45) is 11.0. The Kier molecular flexibility index (Phi) is 8.21. The van der Waals surface area contributed by atoms with Crippen molar-refractivity contribution in [2.24, 2.45) is 23.2 Å². The van der Waals surface area contributed by atoms with E-state index in [-0.39, 0.29) is 5.91 Å². The lowest BCUT2D eigenvalue weighted by Crippen LogP contribution is -2.48. The predicted molar refractivity (Wildman–Crippen MR) is 204 cm³/mol. The SMILES string of the molecule is CCOP(C)(=O)c1nc(N2CCc3cccc(C(=O)Nc4nc5ccccc5s4)c3C2)ccc1-c1cnn(CC23CC4CC(CC(C4)C2)C3)c1C. The molecule has 264 valence electrons. The van der Waals surface area contributed by atoms with E-state index < -0.39 is 7.37 Å². The van der Waals surface area contributed by atoms with Crippen molar-refractivity contribution in [2.75, 3.05) is 30.0 Å². The number of benzene rings is 2. The fraction of sp³-hybridized carbons (Fsp3) is 0.450. The first kappa shape index (κ1) is 33.0. The number of carbonyl (C=O) groups excluding carboxylic acids is 1. The number of amides is 1. The van der Waals surface area contributed by atoms with Gasteiger partial charge in [-0.3, -0.25) is 19.4 Å². The summed E-state index contributed by atoms with van der Waals surface area (Å²) >= 11 is 1.47. The summed E-state index contributed by atoms with van der Waals surface area (Å²) in [7, 11) is -3.28. The van der Waals surface area contributed by atoms with Crippen molar-refractivity contribution in [3.63, 3.8) is 0 Å². The van der Waals surface area contributed by atoms with Crippen LogP contribution in [0.4, 0.5) is 10.9 Å². The Hall–Kier alpha value is -3.85. The van der Waals surface area contributed by atoms with E-state index in [9.17, 15) is 9.36 Å². The lowest BCUT2D eigenvalue weighted by Gasteiger charge is -2.56. The Balaban J connectivity index is 1.01. The minimum atomic E-state index is -3.28. The van der Waals surface area contributed by atoms with Gasteiger partial charge in [-0.1, -0.05) is 35.6 Å². The van der Waals surface area contributed by atoms with E-state index in [4.69, 9.17) is 14.6 Å². The molecule has 1 amide bonds. The van der Waals surface area contributed by atoms with Crippen molar-refractivity contribution in [1.29, 1.82) is 0 Å². The van der Waals surface area contributed by atoms with Crippen LogP contribution in [0.15, 0.2) is 60.8 Å². The maximum atomic E-state index is 14.3. The number of anilines is 2. The number of aromatic nitrogens is 4. The van der Waals surface area contributed by atoms with Gasteiger partial charge in [-0.05, 0) is 123 Å². The third kappa shape index (κ3) is 6.03. The van der Waals surface area contributed by atoms with Crippen LogP contribution in [0.5, 0.6) is 0 Å². The molecule has 0 saturated heterocycles. The molecule has 4 fully saturated rings. The number of thiazole rings is 1. The number of hydrogen-bond donors (Lipinski definition) is 1. The van der Waals surface area contributed by atoms with E-state index in [1.54, 1.807) is 6.66 Å². The number of nitrogens with one attached hydrogen (secondary N) is 1. The van der Waals surface area contributed by atoms with Gasteiger partial charge in [0.05, 0.1) is 23.0 Å². The van der Waals surface area contributed by atoms with Crippen LogP contribution in [0.2, 0.25) is 0 Å². The summed E-state index contributed by atoms with van der Waals surface area (Å²) < 4.78 is 23.4. The molecule has 0 radical (unpaired) electrons. The first-order valence-corrected chi connectivity index (χ1v) is 21.3. The molecule has 4 bridgehead atoms. The number of fused-ring (bicyclic) bond motifs is 2. The average Bonchev–Trinajstić information content (AvgIpc) is 3.68. The third-order valence-electron chi connectivity index (χ3n) is 12.0. The lowest BCUT2D eigenvalue weighted by molar-refractivity contribution is -0.0638. The molecular weight excluding hydrogens is 676 g/mol. The molecule has 11 heteroatoms. The second-order valence-corrected chi connectivity index (χ2v) is 19.0. The highest BCUT2D eigenvalue weighted by atomic mass is 32.1. The summed E-state index contributed by atoms with van der Waals surface area (Å²) in [5.74, 6) is 3.21. The third-order valence-corrected chi connectivity index (χ3v) is 14.8. The Morgan fingerprint density at radius 3 is 2.51 bits per heavy atom. The van der Waals surface area contributed by atoms with Gasteiger partial charge in [0.25, 0.3) is 5.91 Å². The topological polar surface area (TPSA) is 102 Å². The van der Waals surface area contributed by atoms with E-state index >= 15 is 0 Å². The van der Waals surface area contributed by atoms with Gasteiger partial charge in [0, 0.05) is 48.7 Å². The average molecular weight is 721 g/mol. The number of nitrogens with zero attached hydrogens (tertiary/aromatic N) is 5. The zero-order valence-corrected chi connectivity index (χ0v) is 31.3. The van der Waals surface area contributed by atoms with Gasteiger partial charge in [-0.15, -0.1) is 0 Å². The van der Waals surface area contributed by atoms with E-state index in [0.29, 0.717) is 34.7 Å². The van der Waals surface area contributed by atoms with E-state index in [1.807, 2.05) is 61.7 Å². The fourth-order valence-corrected chi connectivity index (χ4v) is 12.6. The molecule has 4 heterocycles. The second kappa shape index (κ2) is 12.7. The minimum Gasteiger partial charge on any atom is -0.352 e. The van der Waals surface area contributed by atoms with Crippen molar-refractivity contribution >= 4 is 51.2 Å². The second-order valence-electron chi connectivity index (χ2n) is 15.6. The van der Waals surface area contributed by atoms with Gasteiger partial charge in [0.1, 0.15) is 11.3 Å². The normalized spacial score (nSPS) is 24.8. The maximum absolute atomic E-state index is 14.3. The smallest absolute Gasteiger partial charge is 0.257 e. The summed E-state index contributed by atoms with van der Waals surface area (Å²) in [4.78, 5) is 25.6. The van der Waals surface area contributed by atoms with Crippen LogP contribution in [0, 0.1) is 30.1 Å². The van der Waals surface area contributed by atoms with Crippen molar-refractivity contribution in [1.82, 2.24) is 19.7 Å². The van der Waals surface area contributed by atoms with Gasteiger partial charge in [-0.2, -0.15) is 5.10 Å². The molecule has 1 atom stereocenters. The number of carbonyl (C=O) groups is 1. The monoisotopic (exact) mass is 720 g/mol. The molecule has 4 aliphatic carbocycles. The summed E-state index contributed by atoms with van der Waals surface area (Å²) in [6.45, 7) is 8.22. The van der Waals surface area contributed by atoms with Gasteiger partial charge in [0.2, 0.25) is 7.37 Å². The maximum Gasteiger partial charge on any atom is 0.257 e. The number of para-hydroxylation sites is 1. The first-order chi connectivity index (χ1) is 24.7. The summed E-state index contributed by atoms with van der Waals surface area (Å²) in [5.41, 5.74) is 7.34. The largest absolute Gasteiger partial charge is 0.352 e. The molecule has 4 saturated carbocycles. The number of hydrogen-bond acceptors (Lipinski definition) is 8. The molecule has 1 unspecified atom stereocenters. The highest BCUT2D eigenvalue weighted by molar-refractivity contribution is 7.66. The number of rotatable bonds is 9. The highest BCUT2D eigenvalue weighted by Crippen LogP contribution is 2.60. The standard InChI is InChI=1S/C40H45N6O3PS/c1-4-49-50(3,48)38-31(32-22-41-46(25(32)2)24-40-19-26-16-27(20-40)18-28(17-26)21-40)12-13-36(43-38)45-15-14-29-8-7-9-30(33(29)23-45)37(47)44-39-42-34-10-5-6-11-35(34)51-39/h5-13,22,26-28H,4,14-21,23-24H2,1-3H3,(H,42,44,47). The van der Waals surface area contributed by atoms with Gasteiger partial charge < -0.3 is 9.42 Å². The molecule has 3 aromatic heterocycles. The van der Waals surface area contributed by atoms with Crippen LogP contribution in [-0.2, 0) is 28.6 Å². The molecular formula is C40H45N6O3PS. The zero-order chi connectivity index (χ0) is 34.9. The zero-order valence-electron chi connectivity index (χ0n) is 29.6. The van der Waals surface area contributed by atoms with Gasteiger partial charge in [-0.25, -0.2) is 9.97 Å². The Morgan fingerprint density at radius 2 is 1.76 bits per heavy atom. The molecule has 9 nitrogen and oxygen atoms in total. The van der Waals surface area contributed by atoms with Crippen molar-refractivity contribution in [2.45, 2.75) is 71.9 Å². The summed E-state index contributed by atoms with van der Waals surface area (Å²) in [5, 5.41) is 8.57. The molecule has 2 aromatic carbocycles. The fourth-order valence-electron chi connectivity index (χ4n) is 10.2. The van der Waals surface area contributed by atoms with E-state index in [2.05, 4.69) is 32.9 Å². The highest BCUT2D eigenvalue weighted by Gasteiger charge is 2.51. The lowest BCUT2D eigenvalue weighted by atomic mass is 9.49. The molecule has 10 rings (SSSR count). The predicted octanol–water partition coefficient (Wildman–Crippen LogP) is 8.46. The first-order valence-electron chi connectivity index (χ1n) is 18.5. The minimum absolute atomic E-state index is 0.174. The molecule has 51 heavy (non-hydrogen) atoms. The molecule has 0 spiro atoms. The quantitative estimate of drug-likeness (QED) is 0.153. The molecule has 1 aliphatic heterocycles. The Labute approximate surface area is 303 Å². The van der Waals surface area contributed by atoms with Crippen LogP contribution in [0.25, 0.3) is 21.3 Å². The molecule has 5 aliphatic rings. The van der Waals surface area contributed by atoms with Crippen LogP contribution in [-0.4, -0.2) is 45.5 Å². The van der Waals surface area contributed by atoms with E-state index in [0.717, 1.165) is 81.2 Å². The van der Waals surface area contributed by atoms with Crippen LogP contribution < -0.4 is 15.7 Å². The van der Waals surface area contributed by atoms with Crippen LogP contribution >= 0.6 is 18.7 Å². The molecule has 1 N–H and O–H groups in total. The van der Waals surface area contributed by atoms with E-state index in [1.165, 1.54) is 49.9 Å². The van der Waals surface area contributed by atoms with Crippen molar-refractivity contribution in [3.05, 3.63) is 83.2 Å². The van der Waals surface area contributed by atoms with Gasteiger partial charge in [0.15, 0.2) is 5.13 Å². The van der Waals surface area contributed by atoms with Crippen molar-refractivity contribution < 1.29 is 13.9 Å². The summed E-state index contributed by atoms with van der Waals surface area (Å²) in [6, 6.07) is 17.9. The molecule has 5 aromatic rings. The number of pyridine rings is 1. The van der Waals surface area contributed by atoms with Gasteiger partial charge >= 0.3 is 0 Å². The Bertz CT molecular complexity index is 2140. The Morgan fingerprint density at radius 1 is 1.00 bits per heavy atom. The van der Waals surface area contributed by atoms with Crippen molar-refractivity contribution in [3.8, 4) is 11.1 Å². The van der Waals surface area contributed by atoms with Crippen LogP contribution in [0.1, 0.15) is 72.6 Å². The van der Waals surface area contributed by atoms with Crippen LogP contribution in [0.3, 0.4) is 0 Å².